The summed E-state index contributed by atoms with van der Waals surface area (Å²) >= 11 is 0. The molecule has 0 aliphatic carbocycles. The first-order chi connectivity index (χ1) is 10.2. The second kappa shape index (κ2) is 7.94. The van der Waals surface area contributed by atoms with Gasteiger partial charge in [0.25, 0.3) is 0 Å². The number of carbonyl (C=O) groups excluding carboxylic acids is 2. The summed E-state index contributed by atoms with van der Waals surface area (Å²) in [5.74, 6) is -0.253. The molecular weight excluding hydrogens is 278 g/mol. The monoisotopic (exact) mass is 305 g/mol. The number of anilines is 1. The third kappa shape index (κ3) is 5.48. The van der Waals surface area contributed by atoms with Crippen molar-refractivity contribution in [1.82, 2.24) is 4.90 Å². The minimum Gasteiger partial charge on any atom is -0.336 e. The summed E-state index contributed by atoms with van der Waals surface area (Å²) in [4.78, 5) is 25.5. The maximum absolute atomic E-state index is 12.1. The molecule has 0 aliphatic rings. The van der Waals surface area contributed by atoms with Gasteiger partial charge in [-0.15, -0.1) is 0 Å². The third-order valence-electron chi connectivity index (χ3n) is 3.56. The highest BCUT2D eigenvalue weighted by Crippen LogP contribution is 2.21. The second-order valence-electron chi connectivity index (χ2n) is 6.09. The van der Waals surface area contributed by atoms with E-state index in [2.05, 4.69) is 5.32 Å². The molecule has 1 rings (SSSR count). The van der Waals surface area contributed by atoms with Crippen LogP contribution in [0, 0.1) is 20.8 Å². The van der Waals surface area contributed by atoms with E-state index in [1.54, 1.807) is 7.05 Å². The Bertz CT molecular complexity index is 530. The quantitative estimate of drug-likeness (QED) is 0.845. The fraction of sp³-hybridized carbons (Fsp3) is 0.529. The number of hydrogen-bond donors (Lipinski definition) is 2. The van der Waals surface area contributed by atoms with Crippen LogP contribution < -0.4 is 11.1 Å². The zero-order valence-corrected chi connectivity index (χ0v) is 14.2. The van der Waals surface area contributed by atoms with Crippen molar-refractivity contribution >= 4 is 17.5 Å². The van der Waals surface area contributed by atoms with Crippen LogP contribution in [0.2, 0.25) is 0 Å². The van der Waals surface area contributed by atoms with Crippen LogP contribution >= 0.6 is 0 Å². The van der Waals surface area contributed by atoms with E-state index >= 15 is 0 Å². The number of nitrogens with zero attached hydrogens (tertiary/aromatic N) is 1. The van der Waals surface area contributed by atoms with Gasteiger partial charge in [0.15, 0.2) is 0 Å². The topological polar surface area (TPSA) is 75.4 Å². The Morgan fingerprint density at radius 1 is 1.23 bits per heavy atom. The SMILES string of the molecule is Cc1cc(C)c(NC(=O)CN(C)C(=O)CCC(C)N)c(C)c1. The Balaban J connectivity index is 2.61. The first-order valence-electron chi connectivity index (χ1n) is 7.58. The first-order valence-corrected chi connectivity index (χ1v) is 7.58. The predicted molar refractivity (Wildman–Crippen MR) is 89.8 cm³/mol. The van der Waals surface area contributed by atoms with Crippen LogP contribution in [0.4, 0.5) is 5.69 Å². The van der Waals surface area contributed by atoms with Crippen LogP contribution in [0.5, 0.6) is 0 Å². The third-order valence-corrected chi connectivity index (χ3v) is 3.56. The van der Waals surface area contributed by atoms with Crippen LogP contribution in [-0.4, -0.2) is 36.3 Å². The van der Waals surface area contributed by atoms with Gasteiger partial charge in [0, 0.05) is 25.2 Å². The molecule has 0 aromatic heterocycles. The lowest BCUT2D eigenvalue weighted by molar-refractivity contribution is -0.133. The molecule has 5 heteroatoms. The fourth-order valence-electron chi connectivity index (χ4n) is 2.40. The molecule has 0 saturated heterocycles. The molecule has 3 N–H and O–H groups in total. The molecule has 5 nitrogen and oxygen atoms in total. The van der Waals surface area contributed by atoms with Crippen LogP contribution in [0.1, 0.15) is 36.5 Å². The van der Waals surface area contributed by atoms with Crippen LogP contribution in [0.15, 0.2) is 12.1 Å². The Kier molecular flexibility index (Phi) is 6.56. The highest BCUT2D eigenvalue weighted by atomic mass is 16.2. The Hall–Kier alpha value is -1.88. The normalized spacial score (nSPS) is 11.9. The lowest BCUT2D eigenvalue weighted by atomic mass is 10.1. The smallest absolute Gasteiger partial charge is 0.243 e. The molecule has 0 radical (unpaired) electrons. The molecule has 0 fully saturated rings. The number of aryl methyl sites for hydroxylation is 3. The minimum absolute atomic E-state index is 0.0102. The molecule has 122 valence electrons. The Morgan fingerprint density at radius 3 is 2.27 bits per heavy atom. The van der Waals surface area contributed by atoms with Crippen molar-refractivity contribution in [2.24, 2.45) is 5.73 Å². The molecule has 0 bridgehead atoms. The highest BCUT2D eigenvalue weighted by molar-refractivity contribution is 5.95. The van der Waals surface area contributed by atoms with Crippen LogP contribution in [-0.2, 0) is 9.59 Å². The average Bonchev–Trinajstić information content (AvgIpc) is 2.39. The Labute approximate surface area is 132 Å². The van der Waals surface area contributed by atoms with E-state index in [0.717, 1.165) is 22.4 Å². The maximum atomic E-state index is 12.1. The highest BCUT2D eigenvalue weighted by Gasteiger charge is 2.15. The fourth-order valence-corrected chi connectivity index (χ4v) is 2.40. The summed E-state index contributed by atoms with van der Waals surface area (Å²) < 4.78 is 0. The summed E-state index contributed by atoms with van der Waals surface area (Å²) in [6.45, 7) is 7.87. The number of nitrogens with two attached hydrogens (primary N) is 1. The van der Waals surface area contributed by atoms with E-state index in [1.807, 2.05) is 39.8 Å². The standard InChI is InChI=1S/C17H27N3O2/c1-11-8-12(2)17(13(3)9-11)19-15(21)10-20(5)16(22)7-6-14(4)18/h8-9,14H,6-7,10,18H2,1-5H3,(H,19,21). The molecule has 1 aromatic carbocycles. The molecular formula is C17H27N3O2. The van der Waals surface area contributed by atoms with E-state index in [1.165, 1.54) is 4.90 Å². The molecule has 0 heterocycles. The number of nitrogens with one attached hydrogen (secondary N) is 1. The summed E-state index contributed by atoms with van der Waals surface area (Å²) in [5.41, 5.74) is 9.68. The summed E-state index contributed by atoms with van der Waals surface area (Å²) in [7, 11) is 1.64. The first kappa shape index (κ1) is 18.2. The van der Waals surface area contributed by atoms with Crippen molar-refractivity contribution in [3.8, 4) is 0 Å². The van der Waals surface area contributed by atoms with Crippen molar-refractivity contribution in [3.63, 3.8) is 0 Å². The molecule has 0 saturated carbocycles. The van der Waals surface area contributed by atoms with Gasteiger partial charge < -0.3 is 16.0 Å². The largest absolute Gasteiger partial charge is 0.336 e. The van der Waals surface area contributed by atoms with E-state index in [4.69, 9.17) is 5.73 Å². The van der Waals surface area contributed by atoms with E-state index in [0.29, 0.717) is 12.8 Å². The molecule has 22 heavy (non-hydrogen) atoms. The molecule has 1 unspecified atom stereocenters. The van der Waals surface area contributed by atoms with Crippen molar-refractivity contribution in [2.75, 3.05) is 18.9 Å². The maximum Gasteiger partial charge on any atom is 0.243 e. The van der Waals surface area contributed by atoms with Crippen molar-refractivity contribution < 1.29 is 9.59 Å². The number of carbonyl (C=O) groups is 2. The van der Waals surface area contributed by atoms with Gasteiger partial charge in [-0.3, -0.25) is 9.59 Å². The van der Waals surface area contributed by atoms with Gasteiger partial charge in [-0.2, -0.15) is 0 Å². The van der Waals surface area contributed by atoms with Gasteiger partial charge in [-0.1, -0.05) is 17.7 Å². The number of amides is 2. The number of benzene rings is 1. The second-order valence-corrected chi connectivity index (χ2v) is 6.09. The molecule has 2 amide bonds. The van der Waals surface area contributed by atoms with Gasteiger partial charge in [0.05, 0.1) is 6.54 Å². The zero-order chi connectivity index (χ0) is 16.9. The van der Waals surface area contributed by atoms with Gasteiger partial charge in [-0.05, 0) is 45.2 Å². The van der Waals surface area contributed by atoms with Crippen LogP contribution in [0.3, 0.4) is 0 Å². The molecule has 0 aliphatic heterocycles. The van der Waals surface area contributed by atoms with E-state index in [-0.39, 0.29) is 24.4 Å². The molecule has 0 spiro atoms. The summed E-state index contributed by atoms with van der Waals surface area (Å²) in [6, 6.07) is 4.05. The van der Waals surface area contributed by atoms with Gasteiger partial charge in [0.2, 0.25) is 11.8 Å². The lowest BCUT2D eigenvalue weighted by Gasteiger charge is -2.19. The van der Waals surface area contributed by atoms with Crippen molar-refractivity contribution in [1.29, 1.82) is 0 Å². The molecule has 1 aromatic rings. The van der Waals surface area contributed by atoms with E-state index < -0.39 is 0 Å². The van der Waals surface area contributed by atoms with E-state index in [9.17, 15) is 9.59 Å². The number of hydrogen-bond acceptors (Lipinski definition) is 3. The number of likely N-dealkylation sites (N-methyl/N-ethyl adjacent to an activating group) is 1. The number of rotatable bonds is 6. The average molecular weight is 305 g/mol. The van der Waals surface area contributed by atoms with Gasteiger partial charge in [-0.25, -0.2) is 0 Å². The predicted octanol–water partition coefficient (Wildman–Crippen LogP) is 2.14. The van der Waals surface area contributed by atoms with Gasteiger partial charge in [0.1, 0.15) is 0 Å². The summed E-state index contributed by atoms with van der Waals surface area (Å²) in [5, 5.41) is 2.90. The zero-order valence-electron chi connectivity index (χ0n) is 14.2. The van der Waals surface area contributed by atoms with Crippen molar-refractivity contribution in [3.05, 3.63) is 28.8 Å². The van der Waals surface area contributed by atoms with Gasteiger partial charge >= 0.3 is 0 Å². The minimum atomic E-state index is -0.188. The lowest BCUT2D eigenvalue weighted by Crippen LogP contribution is -2.35. The Morgan fingerprint density at radius 2 is 1.77 bits per heavy atom. The van der Waals surface area contributed by atoms with Crippen molar-refractivity contribution in [2.45, 2.75) is 46.6 Å². The molecule has 1 atom stereocenters. The summed E-state index contributed by atoms with van der Waals surface area (Å²) in [6.07, 6.45) is 0.991. The van der Waals surface area contributed by atoms with Crippen LogP contribution in [0.25, 0.3) is 0 Å².